The van der Waals surface area contributed by atoms with Crippen molar-refractivity contribution >= 4 is 44.3 Å². The minimum atomic E-state index is -3.64. The minimum Gasteiger partial charge on any atom is -0.377 e. The molecule has 1 aromatic heterocycles. The first-order chi connectivity index (χ1) is 22.7. The number of nitrogens with one attached hydrogen (secondary N) is 4. The highest BCUT2D eigenvalue weighted by Gasteiger charge is 2.20. The molecule has 0 radical (unpaired) electrons. The van der Waals surface area contributed by atoms with E-state index >= 15 is 0 Å². The van der Waals surface area contributed by atoms with E-state index in [1.807, 2.05) is 49.3 Å². The van der Waals surface area contributed by atoms with Crippen molar-refractivity contribution in [3.05, 3.63) is 72.0 Å². The Morgan fingerprint density at radius 2 is 1.45 bits per heavy atom. The highest BCUT2D eigenvalue weighted by Crippen LogP contribution is 2.30. The fourth-order valence-corrected chi connectivity index (χ4v) is 7.28. The van der Waals surface area contributed by atoms with E-state index in [1.165, 1.54) is 25.0 Å². The molecule has 0 aliphatic heterocycles. The van der Waals surface area contributed by atoms with Crippen molar-refractivity contribution in [2.75, 3.05) is 48.0 Å². The zero-order chi connectivity index (χ0) is 33.2. The summed E-state index contributed by atoms with van der Waals surface area (Å²) in [6.07, 6.45) is 7.95. The summed E-state index contributed by atoms with van der Waals surface area (Å²) in [6, 6.07) is 17.9. The molecule has 0 amide bonds. The predicted molar refractivity (Wildman–Crippen MR) is 189 cm³/mol. The Hall–Kier alpha value is -4.03. The number of halogens is 1. The molecule has 12 heteroatoms. The topological polar surface area (TPSA) is 124 Å². The molecule has 3 aromatic carbocycles. The van der Waals surface area contributed by atoms with Gasteiger partial charge in [0.05, 0.1) is 4.90 Å². The molecule has 0 spiro atoms. The summed E-state index contributed by atoms with van der Waals surface area (Å²) in [5.74, 6) is 1.90. The maximum atomic E-state index is 13.7. The van der Waals surface area contributed by atoms with Crippen LogP contribution < -0.4 is 25.6 Å². The van der Waals surface area contributed by atoms with Crippen LogP contribution >= 0.6 is 0 Å². The van der Waals surface area contributed by atoms with Crippen molar-refractivity contribution in [1.29, 1.82) is 0 Å². The van der Waals surface area contributed by atoms with Gasteiger partial charge in [0, 0.05) is 56.2 Å². The lowest BCUT2D eigenvalue weighted by Gasteiger charge is -2.27. The molecule has 0 saturated heterocycles. The van der Waals surface area contributed by atoms with Crippen molar-refractivity contribution < 1.29 is 12.8 Å². The van der Waals surface area contributed by atoms with E-state index in [2.05, 4.69) is 42.5 Å². The summed E-state index contributed by atoms with van der Waals surface area (Å²) in [6.45, 7) is 3.73. The summed E-state index contributed by atoms with van der Waals surface area (Å²) in [4.78, 5) is 16.1. The van der Waals surface area contributed by atoms with Crippen molar-refractivity contribution in [1.82, 2.24) is 19.7 Å². The minimum absolute atomic E-state index is 0.280. The highest BCUT2D eigenvalue weighted by atomic mass is 32.2. The average Bonchev–Trinajstić information content (AvgIpc) is 3.05. The molecule has 4 N–H and O–H groups in total. The van der Waals surface area contributed by atoms with E-state index in [0.717, 1.165) is 66.5 Å². The summed E-state index contributed by atoms with van der Waals surface area (Å²) in [5.41, 5.74) is 1.78. The van der Waals surface area contributed by atoms with Gasteiger partial charge in [0.15, 0.2) is 0 Å². The van der Waals surface area contributed by atoms with E-state index in [-0.39, 0.29) is 5.82 Å². The fourth-order valence-electron chi connectivity index (χ4n) is 5.99. The largest absolute Gasteiger partial charge is 0.377 e. The molecule has 0 atom stereocenters. The molecule has 1 saturated carbocycles. The van der Waals surface area contributed by atoms with E-state index in [0.29, 0.717) is 48.4 Å². The normalized spacial score (nSPS) is 16.6. The van der Waals surface area contributed by atoms with Gasteiger partial charge in [-0.05, 0) is 74.3 Å². The van der Waals surface area contributed by atoms with Gasteiger partial charge in [-0.25, -0.2) is 17.5 Å². The molecule has 1 aliphatic rings. The number of unbranched alkanes of at least 4 members (excludes halogenated alkanes) is 3. The Morgan fingerprint density at radius 1 is 0.787 bits per heavy atom. The number of anilines is 4. The second-order valence-electron chi connectivity index (χ2n) is 12.7. The molecule has 0 bridgehead atoms. The van der Waals surface area contributed by atoms with E-state index < -0.39 is 10.0 Å². The summed E-state index contributed by atoms with van der Waals surface area (Å²) in [5, 5.41) is 11.7. The van der Waals surface area contributed by atoms with E-state index in [4.69, 9.17) is 0 Å². The van der Waals surface area contributed by atoms with Gasteiger partial charge >= 0.3 is 0 Å². The Kier molecular flexibility index (Phi) is 11.8. The lowest BCUT2D eigenvalue weighted by molar-refractivity contribution is 0.360. The lowest BCUT2D eigenvalue weighted by atomic mass is 9.87. The Labute approximate surface area is 278 Å². The zero-order valence-electron chi connectivity index (χ0n) is 27.6. The van der Waals surface area contributed by atoms with Crippen LogP contribution in [0.5, 0.6) is 0 Å². The van der Waals surface area contributed by atoms with E-state index in [1.54, 1.807) is 18.2 Å². The predicted octanol–water partition coefficient (Wildman–Crippen LogP) is 6.78. The third kappa shape index (κ3) is 9.74. The molecule has 1 heterocycles. The monoisotopic (exact) mass is 662 g/mol. The first-order valence-corrected chi connectivity index (χ1v) is 18.1. The quantitative estimate of drug-likeness (QED) is 0.0961. The number of rotatable bonds is 16. The van der Waals surface area contributed by atoms with Gasteiger partial charge in [-0.3, -0.25) is 0 Å². The van der Waals surface area contributed by atoms with Crippen LogP contribution in [0, 0.1) is 11.7 Å². The zero-order valence-corrected chi connectivity index (χ0v) is 28.4. The van der Waals surface area contributed by atoms with Crippen LogP contribution in [-0.4, -0.2) is 56.6 Å². The average molecular weight is 663 g/mol. The van der Waals surface area contributed by atoms with Gasteiger partial charge in [-0.2, -0.15) is 15.0 Å². The standard InChI is InChI=1S/C35H47FN8O2S/c1-25-17-19-28(20-18-25)40-35-42-33(41-34(43-35)38-24-26-11-8-12-27(36)23-26)37-21-6-4-5-7-22-39-47(45,46)32-16-10-13-29-30(32)14-9-15-31(29)44(2)3/h8-16,23,25,28,39H,4-7,17-22,24H2,1-3H3,(H3,37,38,40,41,42,43). The molecule has 0 unspecified atom stereocenters. The molecular formula is C35H47FN8O2S. The maximum Gasteiger partial charge on any atom is 0.241 e. The third-order valence-electron chi connectivity index (χ3n) is 8.63. The number of fused-ring (bicyclic) bond motifs is 1. The van der Waals surface area contributed by atoms with Crippen molar-refractivity contribution in [3.63, 3.8) is 0 Å². The molecule has 4 aromatic rings. The van der Waals surface area contributed by atoms with Gasteiger partial charge in [0.25, 0.3) is 0 Å². The van der Waals surface area contributed by atoms with Crippen LogP contribution in [0.15, 0.2) is 65.6 Å². The SMILES string of the molecule is CC1CCC(Nc2nc(NCCCCCCNS(=O)(=O)c3cccc4c(N(C)C)cccc34)nc(NCc3cccc(F)c3)n2)CC1. The first kappa shape index (κ1) is 34.3. The van der Waals surface area contributed by atoms with Crippen molar-refractivity contribution in [2.45, 2.75) is 75.8 Å². The van der Waals surface area contributed by atoms with Gasteiger partial charge in [0.1, 0.15) is 5.82 Å². The summed E-state index contributed by atoms with van der Waals surface area (Å²) in [7, 11) is 0.259. The number of aromatic nitrogens is 3. The van der Waals surface area contributed by atoms with Crippen LogP contribution in [0.1, 0.15) is 63.9 Å². The Bertz CT molecular complexity index is 1730. The second kappa shape index (κ2) is 16.2. The van der Waals surface area contributed by atoms with E-state index in [9.17, 15) is 12.8 Å². The number of hydrogen-bond acceptors (Lipinski definition) is 9. The molecule has 252 valence electrons. The molecule has 47 heavy (non-hydrogen) atoms. The number of nitrogens with zero attached hydrogens (tertiary/aromatic N) is 4. The van der Waals surface area contributed by atoms with Crippen LogP contribution in [0.2, 0.25) is 0 Å². The van der Waals surface area contributed by atoms with Gasteiger partial charge in [-0.15, -0.1) is 0 Å². The van der Waals surface area contributed by atoms with Crippen LogP contribution in [0.4, 0.5) is 27.9 Å². The summed E-state index contributed by atoms with van der Waals surface area (Å²) >= 11 is 0. The number of benzene rings is 3. The van der Waals surface area contributed by atoms with Crippen molar-refractivity contribution in [3.8, 4) is 0 Å². The molecule has 5 rings (SSSR count). The lowest BCUT2D eigenvalue weighted by Crippen LogP contribution is -2.26. The summed E-state index contributed by atoms with van der Waals surface area (Å²) < 4.78 is 42.8. The molecule has 10 nitrogen and oxygen atoms in total. The van der Waals surface area contributed by atoms with Gasteiger partial charge in [0.2, 0.25) is 27.9 Å². The van der Waals surface area contributed by atoms with Gasteiger partial charge < -0.3 is 20.9 Å². The second-order valence-corrected chi connectivity index (χ2v) is 14.4. The molecule has 1 fully saturated rings. The first-order valence-electron chi connectivity index (χ1n) is 16.6. The Morgan fingerprint density at radius 3 is 2.19 bits per heavy atom. The highest BCUT2D eigenvalue weighted by molar-refractivity contribution is 7.89. The van der Waals surface area contributed by atoms with Crippen LogP contribution in [0.25, 0.3) is 10.8 Å². The van der Waals surface area contributed by atoms with Crippen LogP contribution in [0.3, 0.4) is 0 Å². The smallest absolute Gasteiger partial charge is 0.241 e. The maximum absolute atomic E-state index is 13.7. The van der Waals surface area contributed by atoms with Crippen LogP contribution in [-0.2, 0) is 16.6 Å². The third-order valence-corrected chi connectivity index (χ3v) is 10.2. The molecular weight excluding hydrogens is 616 g/mol. The number of hydrogen-bond donors (Lipinski definition) is 4. The van der Waals surface area contributed by atoms with Crippen molar-refractivity contribution in [2.24, 2.45) is 5.92 Å². The van der Waals surface area contributed by atoms with Gasteiger partial charge in [-0.1, -0.05) is 56.2 Å². The number of sulfonamides is 1. The fraction of sp³-hybridized carbons (Fsp3) is 0.457. The Balaban J connectivity index is 1.10. The molecule has 1 aliphatic carbocycles.